The maximum absolute atomic E-state index is 11.0. The molecular weight excluding hydrogens is 156 g/mol. The van der Waals surface area contributed by atoms with Gasteiger partial charge in [-0.3, -0.25) is 9.63 Å². The number of nitrogens with two attached hydrogens (primary N) is 1. The quantitative estimate of drug-likeness (QED) is 0.436. The summed E-state index contributed by atoms with van der Waals surface area (Å²) in [7, 11) is 2.88. The van der Waals surface area contributed by atoms with E-state index in [4.69, 9.17) is 5.73 Å². The van der Waals surface area contributed by atoms with Crippen molar-refractivity contribution in [1.82, 2.24) is 5.06 Å². The Labute approximate surface area is 72.6 Å². The first-order valence-corrected chi connectivity index (χ1v) is 3.50. The van der Waals surface area contributed by atoms with Crippen LogP contribution in [0.15, 0.2) is 0 Å². The van der Waals surface area contributed by atoms with Gasteiger partial charge in [0.1, 0.15) is 0 Å². The molecule has 4 nitrogen and oxygen atoms in total. The maximum Gasteiger partial charge on any atom is 0.321 e. The highest BCUT2D eigenvalue weighted by atomic mass is 16.7. The Bertz CT molecular complexity index is 219. The van der Waals surface area contributed by atoms with E-state index in [1.165, 1.54) is 14.2 Å². The molecule has 0 fully saturated rings. The molecule has 4 heteroatoms. The van der Waals surface area contributed by atoms with Crippen molar-refractivity contribution in [2.45, 2.75) is 19.4 Å². The molecule has 0 spiro atoms. The number of amides is 1. The van der Waals surface area contributed by atoms with Crippen LogP contribution in [0.4, 0.5) is 0 Å². The fraction of sp³-hybridized carbons (Fsp3) is 0.625. The molecule has 0 heterocycles. The van der Waals surface area contributed by atoms with Crippen LogP contribution < -0.4 is 5.73 Å². The highest BCUT2D eigenvalue weighted by Gasteiger charge is 2.07. The van der Waals surface area contributed by atoms with Crippen LogP contribution in [0.25, 0.3) is 0 Å². The summed E-state index contributed by atoms with van der Waals surface area (Å²) in [6, 6.07) is 0. The Morgan fingerprint density at radius 2 is 2.08 bits per heavy atom. The zero-order valence-electron chi connectivity index (χ0n) is 7.84. The van der Waals surface area contributed by atoms with Crippen molar-refractivity contribution < 1.29 is 9.63 Å². The normalized spacial score (nSPS) is 10.1. The topological polar surface area (TPSA) is 55.6 Å². The number of carbonyl (C=O) groups is 1. The maximum atomic E-state index is 11.0. The van der Waals surface area contributed by atoms with E-state index in [0.29, 0.717) is 0 Å². The van der Waals surface area contributed by atoms with Crippen LogP contribution in [-0.2, 0) is 9.63 Å². The molecule has 0 saturated carbocycles. The van der Waals surface area contributed by atoms with E-state index in [2.05, 4.69) is 16.7 Å². The summed E-state index contributed by atoms with van der Waals surface area (Å²) in [5, 5.41) is 1.04. The number of hydroxylamine groups is 2. The van der Waals surface area contributed by atoms with Gasteiger partial charge >= 0.3 is 5.91 Å². The minimum Gasteiger partial charge on any atom is -0.316 e. The number of rotatable bonds is 1. The van der Waals surface area contributed by atoms with Crippen LogP contribution in [-0.4, -0.2) is 30.7 Å². The smallest absolute Gasteiger partial charge is 0.316 e. The van der Waals surface area contributed by atoms with Crippen LogP contribution in [0.1, 0.15) is 13.8 Å². The second kappa shape index (κ2) is 4.10. The lowest BCUT2D eigenvalue weighted by Crippen LogP contribution is -2.31. The molecule has 0 aromatic carbocycles. The van der Waals surface area contributed by atoms with Crippen molar-refractivity contribution in [3.63, 3.8) is 0 Å². The molecule has 0 atom stereocenters. The molecule has 0 aromatic rings. The summed E-state index contributed by atoms with van der Waals surface area (Å²) in [5.74, 6) is 4.55. The van der Waals surface area contributed by atoms with Gasteiger partial charge in [-0.05, 0) is 19.8 Å². The monoisotopic (exact) mass is 170 g/mol. The third-order valence-corrected chi connectivity index (χ3v) is 1.05. The number of carbonyl (C=O) groups excluding carboxylic acids is 1. The Kier molecular flexibility index (Phi) is 3.74. The molecule has 2 N–H and O–H groups in total. The molecule has 12 heavy (non-hydrogen) atoms. The van der Waals surface area contributed by atoms with Gasteiger partial charge in [-0.1, -0.05) is 5.92 Å². The summed E-state index contributed by atoms with van der Waals surface area (Å²) < 4.78 is 0. The molecule has 0 unspecified atom stereocenters. The van der Waals surface area contributed by atoms with Crippen molar-refractivity contribution >= 4 is 5.91 Å². The molecule has 0 saturated heterocycles. The predicted molar refractivity (Wildman–Crippen MR) is 45.8 cm³/mol. The van der Waals surface area contributed by atoms with Gasteiger partial charge in [0.25, 0.3) is 0 Å². The molecular formula is C8H14N2O2. The summed E-state index contributed by atoms with van der Waals surface area (Å²) in [4.78, 5) is 15.6. The Morgan fingerprint density at radius 1 is 1.58 bits per heavy atom. The molecule has 0 aliphatic carbocycles. The van der Waals surface area contributed by atoms with Crippen molar-refractivity contribution in [2.75, 3.05) is 14.2 Å². The Morgan fingerprint density at radius 3 is 2.42 bits per heavy atom. The lowest BCUT2D eigenvalue weighted by Gasteiger charge is -2.10. The average molecular weight is 170 g/mol. The van der Waals surface area contributed by atoms with E-state index in [1.807, 2.05) is 0 Å². The molecule has 1 amide bonds. The molecule has 0 rings (SSSR count). The van der Waals surface area contributed by atoms with Gasteiger partial charge in [0, 0.05) is 7.05 Å². The lowest BCUT2D eigenvalue weighted by atomic mass is 10.1. The zero-order valence-corrected chi connectivity index (χ0v) is 7.84. The fourth-order valence-electron chi connectivity index (χ4n) is 0.376. The van der Waals surface area contributed by atoms with E-state index in [0.717, 1.165) is 5.06 Å². The SMILES string of the molecule is CON(C)C(=O)C#CC(C)(C)N. The van der Waals surface area contributed by atoms with Crippen molar-refractivity contribution in [3.8, 4) is 11.8 Å². The summed E-state index contributed by atoms with van der Waals surface area (Å²) in [6.07, 6.45) is 0. The number of nitrogens with zero attached hydrogens (tertiary/aromatic N) is 1. The van der Waals surface area contributed by atoms with Gasteiger partial charge in [-0.25, -0.2) is 5.06 Å². The van der Waals surface area contributed by atoms with Crippen LogP contribution in [0, 0.1) is 11.8 Å². The molecule has 0 aliphatic rings. The average Bonchev–Trinajstić information content (AvgIpc) is 1.97. The van der Waals surface area contributed by atoms with Gasteiger partial charge in [0.2, 0.25) is 0 Å². The first kappa shape index (κ1) is 11.0. The third-order valence-electron chi connectivity index (χ3n) is 1.05. The molecule has 0 radical (unpaired) electrons. The van der Waals surface area contributed by atoms with Crippen LogP contribution in [0.2, 0.25) is 0 Å². The first-order valence-electron chi connectivity index (χ1n) is 3.50. The van der Waals surface area contributed by atoms with Gasteiger partial charge in [-0.2, -0.15) is 0 Å². The lowest BCUT2D eigenvalue weighted by molar-refractivity contribution is -0.161. The minimum absolute atomic E-state index is 0.406. The standard InChI is InChI=1S/C8H14N2O2/c1-8(2,9)6-5-7(11)10(3)12-4/h9H2,1-4H3. The highest BCUT2D eigenvalue weighted by Crippen LogP contribution is 1.92. The van der Waals surface area contributed by atoms with Gasteiger partial charge < -0.3 is 5.73 Å². The van der Waals surface area contributed by atoms with Crippen LogP contribution in [0.3, 0.4) is 0 Å². The van der Waals surface area contributed by atoms with Crippen molar-refractivity contribution in [3.05, 3.63) is 0 Å². The largest absolute Gasteiger partial charge is 0.321 e. The predicted octanol–water partition coefficient (Wildman–Crippen LogP) is -0.253. The second-order valence-electron chi connectivity index (χ2n) is 2.96. The summed E-state index contributed by atoms with van der Waals surface area (Å²) >= 11 is 0. The van der Waals surface area contributed by atoms with Gasteiger partial charge in [0.15, 0.2) is 0 Å². The fourth-order valence-corrected chi connectivity index (χ4v) is 0.376. The molecule has 68 valence electrons. The van der Waals surface area contributed by atoms with Gasteiger partial charge in [-0.15, -0.1) is 0 Å². The molecule has 0 aromatic heterocycles. The summed E-state index contributed by atoms with van der Waals surface area (Å²) in [6.45, 7) is 3.44. The Balaban J connectivity index is 4.23. The third kappa shape index (κ3) is 4.72. The second-order valence-corrected chi connectivity index (χ2v) is 2.96. The Hall–Kier alpha value is -1.05. The number of hydrogen-bond donors (Lipinski definition) is 1. The van der Waals surface area contributed by atoms with Gasteiger partial charge in [0.05, 0.1) is 12.6 Å². The van der Waals surface area contributed by atoms with E-state index in [1.54, 1.807) is 13.8 Å². The first-order chi connectivity index (χ1) is 5.37. The van der Waals surface area contributed by atoms with E-state index in [9.17, 15) is 4.79 Å². The summed E-state index contributed by atoms with van der Waals surface area (Å²) in [5.41, 5.74) is 4.89. The molecule has 0 aliphatic heterocycles. The highest BCUT2D eigenvalue weighted by molar-refractivity contribution is 5.92. The minimum atomic E-state index is -0.649. The van der Waals surface area contributed by atoms with Crippen molar-refractivity contribution in [2.24, 2.45) is 5.73 Å². The van der Waals surface area contributed by atoms with E-state index >= 15 is 0 Å². The zero-order chi connectivity index (χ0) is 9.78. The van der Waals surface area contributed by atoms with Crippen molar-refractivity contribution in [1.29, 1.82) is 0 Å². The van der Waals surface area contributed by atoms with Crippen LogP contribution in [0.5, 0.6) is 0 Å². The molecule has 0 bridgehead atoms. The number of hydrogen-bond acceptors (Lipinski definition) is 3. The van der Waals surface area contributed by atoms with E-state index < -0.39 is 11.4 Å². The van der Waals surface area contributed by atoms with E-state index in [-0.39, 0.29) is 0 Å². The van der Waals surface area contributed by atoms with Crippen LogP contribution >= 0.6 is 0 Å².